The average Bonchev–Trinajstić information content (AvgIpc) is 1.95. The molecule has 0 amide bonds. The molecule has 0 unspecified atom stereocenters. The summed E-state index contributed by atoms with van der Waals surface area (Å²) >= 11 is 0. The average molecular weight is 158 g/mol. The highest BCUT2D eigenvalue weighted by Crippen LogP contribution is 2.36. The first-order chi connectivity index (χ1) is 5.04. The zero-order chi connectivity index (χ0) is 8.48. The van der Waals surface area contributed by atoms with Crippen LogP contribution < -0.4 is 0 Å². The van der Waals surface area contributed by atoms with E-state index in [9.17, 15) is 9.18 Å². The number of alkyl halides is 1. The predicted molar refractivity (Wildman–Crippen MR) is 42.2 cm³/mol. The van der Waals surface area contributed by atoms with Crippen LogP contribution in [0.2, 0.25) is 0 Å². The molecular weight excluding hydrogens is 143 g/mol. The van der Waals surface area contributed by atoms with Gasteiger partial charge in [0.25, 0.3) is 0 Å². The molecule has 0 heterocycles. The molecule has 0 spiro atoms. The molecule has 0 aliphatic heterocycles. The summed E-state index contributed by atoms with van der Waals surface area (Å²) in [4.78, 5) is 10.8. The van der Waals surface area contributed by atoms with Gasteiger partial charge in [-0.1, -0.05) is 13.8 Å². The molecule has 0 saturated heterocycles. The molecule has 0 aromatic carbocycles. The van der Waals surface area contributed by atoms with Gasteiger partial charge in [-0.25, -0.2) is 4.39 Å². The standard InChI is InChI=1S/C9H15FO/c1-7(2)9(10)5-3-8(11)4-6-9/h7H,3-6H2,1-2H3. The lowest BCUT2D eigenvalue weighted by molar-refractivity contribution is -0.123. The van der Waals surface area contributed by atoms with Crippen LogP contribution >= 0.6 is 0 Å². The fraction of sp³-hybridized carbons (Fsp3) is 0.889. The molecule has 0 radical (unpaired) electrons. The molecule has 1 saturated carbocycles. The van der Waals surface area contributed by atoms with Gasteiger partial charge in [0.05, 0.1) is 0 Å². The van der Waals surface area contributed by atoms with E-state index in [1.165, 1.54) is 0 Å². The first-order valence-corrected chi connectivity index (χ1v) is 4.25. The van der Waals surface area contributed by atoms with Crippen LogP contribution in [-0.4, -0.2) is 11.5 Å². The van der Waals surface area contributed by atoms with Gasteiger partial charge in [-0.15, -0.1) is 0 Å². The summed E-state index contributed by atoms with van der Waals surface area (Å²) in [6, 6.07) is 0. The van der Waals surface area contributed by atoms with E-state index in [4.69, 9.17) is 0 Å². The van der Waals surface area contributed by atoms with Crippen molar-refractivity contribution >= 4 is 5.78 Å². The minimum atomic E-state index is -1.06. The van der Waals surface area contributed by atoms with Crippen LogP contribution in [0.3, 0.4) is 0 Å². The van der Waals surface area contributed by atoms with E-state index in [1.807, 2.05) is 13.8 Å². The number of hydrogen-bond donors (Lipinski definition) is 0. The van der Waals surface area contributed by atoms with Crippen LogP contribution in [-0.2, 0) is 4.79 Å². The van der Waals surface area contributed by atoms with Crippen molar-refractivity contribution in [1.82, 2.24) is 0 Å². The lowest BCUT2D eigenvalue weighted by Crippen LogP contribution is -2.34. The van der Waals surface area contributed by atoms with Crippen LogP contribution in [0.4, 0.5) is 4.39 Å². The topological polar surface area (TPSA) is 17.1 Å². The molecule has 2 heteroatoms. The predicted octanol–water partition coefficient (Wildman–Crippen LogP) is 2.49. The molecule has 1 aliphatic rings. The largest absolute Gasteiger partial charge is 0.300 e. The second-order valence-corrected chi connectivity index (χ2v) is 3.73. The van der Waals surface area contributed by atoms with E-state index in [1.54, 1.807) is 0 Å². The first-order valence-electron chi connectivity index (χ1n) is 4.25. The van der Waals surface area contributed by atoms with Gasteiger partial charge < -0.3 is 0 Å². The van der Waals surface area contributed by atoms with Crippen LogP contribution in [0.5, 0.6) is 0 Å². The maximum Gasteiger partial charge on any atom is 0.133 e. The van der Waals surface area contributed by atoms with Gasteiger partial charge in [0, 0.05) is 12.8 Å². The number of carbonyl (C=O) groups excluding carboxylic acids is 1. The van der Waals surface area contributed by atoms with Gasteiger partial charge in [0.15, 0.2) is 0 Å². The fourth-order valence-corrected chi connectivity index (χ4v) is 1.52. The minimum absolute atomic E-state index is 0.0515. The Kier molecular flexibility index (Phi) is 2.31. The van der Waals surface area contributed by atoms with Crippen molar-refractivity contribution in [1.29, 1.82) is 0 Å². The summed E-state index contributed by atoms with van der Waals surface area (Å²) in [5.41, 5.74) is -1.06. The second-order valence-electron chi connectivity index (χ2n) is 3.73. The van der Waals surface area contributed by atoms with Crippen LogP contribution in [0, 0.1) is 5.92 Å². The highest BCUT2D eigenvalue weighted by Gasteiger charge is 2.37. The van der Waals surface area contributed by atoms with Crippen molar-refractivity contribution in [3.05, 3.63) is 0 Å². The molecule has 1 fully saturated rings. The Morgan fingerprint density at radius 2 is 1.82 bits per heavy atom. The highest BCUT2D eigenvalue weighted by molar-refractivity contribution is 5.79. The number of rotatable bonds is 1. The molecule has 1 rings (SSSR count). The lowest BCUT2D eigenvalue weighted by atomic mass is 9.78. The van der Waals surface area contributed by atoms with Crippen molar-refractivity contribution < 1.29 is 9.18 Å². The molecule has 11 heavy (non-hydrogen) atoms. The van der Waals surface area contributed by atoms with Crippen molar-refractivity contribution in [3.8, 4) is 0 Å². The Balaban J connectivity index is 2.55. The van der Waals surface area contributed by atoms with Crippen molar-refractivity contribution in [3.63, 3.8) is 0 Å². The summed E-state index contributed by atoms with van der Waals surface area (Å²) in [6.07, 6.45) is 1.75. The molecule has 1 aliphatic carbocycles. The Morgan fingerprint density at radius 1 is 1.36 bits per heavy atom. The molecule has 0 bridgehead atoms. The second kappa shape index (κ2) is 2.92. The highest BCUT2D eigenvalue weighted by atomic mass is 19.1. The molecular formula is C9H15FO. The summed E-state index contributed by atoms with van der Waals surface area (Å²) in [5.74, 6) is 0.273. The van der Waals surface area contributed by atoms with Gasteiger partial charge >= 0.3 is 0 Å². The monoisotopic (exact) mass is 158 g/mol. The summed E-state index contributed by atoms with van der Waals surface area (Å²) < 4.78 is 13.7. The van der Waals surface area contributed by atoms with Crippen LogP contribution in [0.15, 0.2) is 0 Å². The lowest BCUT2D eigenvalue weighted by Gasteiger charge is -2.32. The van der Waals surface area contributed by atoms with Crippen LogP contribution in [0.25, 0.3) is 0 Å². The minimum Gasteiger partial charge on any atom is -0.300 e. The molecule has 1 nitrogen and oxygen atoms in total. The molecule has 0 N–H and O–H groups in total. The summed E-state index contributed by atoms with van der Waals surface area (Å²) in [7, 11) is 0. The number of hydrogen-bond acceptors (Lipinski definition) is 1. The number of ketones is 1. The Labute approximate surface area is 67.0 Å². The zero-order valence-electron chi connectivity index (χ0n) is 7.19. The maximum absolute atomic E-state index is 13.7. The van der Waals surface area contributed by atoms with E-state index in [-0.39, 0.29) is 11.7 Å². The van der Waals surface area contributed by atoms with Gasteiger partial charge in [0.2, 0.25) is 0 Å². The molecule has 0 aromatic heterocycles. The summed E-state index contributed by atoms with van der Waals surface area (Å²) in [6.45, 7) is 3.77. The van der Waals surface area contributed by atoms with E-state index in [0.717, 1.165) is 0 Å². The van der Waals surface area contributed by atoms with E-state index in [2.05, 4.69) is 0 Å². The molecule has 0 aromatic rings. The third-order valence-electron chi connectivity index (χ3n) is 2.67. The SMILES string of the molecule is CC(C)C1(F)CCC(=O)CC1. The van der Waals surface area contributed by atoms with Crippen molar-refractivity contribution in [2.45, 2.75) is 45.2 Å². The van der Waals surface area contributed by atoms with Gasteiger partial charge in [-0.3, -0.25) is 4.79 Å². The molecule has 0 atom stereocenters. The van der Waals surface area contributed by atoms with Crippen LogP contribution in [0.1, 0.15) is 39.5 Å². The Bertz CT molecular complexity index is 153. The van der Waals surface area contributed by atoms with Gasteiger partial charge in [0.1, 0.15) is 11.5 Å². The van der Waals surface area contributed by atoms with E-state index in [0.29, 0.717) is 25.7 Å². The number of halogens is 1. The Hall–Kier alpha value is -0.400. The van der Waals surface area contributed by atoms with Gasteiger partial charge in [-0.05, 0) is 18.8 Å². The van der Waals surface area contributed by atoms with Crippen molar-refractivity contribution in [2.75, 3.05) is 0 Å². The maximum atomic E-state index is 13.7. The first kappa shape index (κ1) is 8.69. The normalized spacial score (nSPS) is 24.2. The zero-order valence-corrected chi connectivity index (χ0v) is 7.19. The van der Waals surface area contributed by atoms with E-state index < -0.39 is 5.67 Å². The van der Waals surface area contributed by atoms with E-state index >= 15 is 0 Å². The van der Waals surface area contributed by atoms with Gasteiger partial charge in [-0.2, -0.15) is 0 Å². The fourth-order valence-electron chi connectivity index (χ4n) is 1.52. The Morgan fingerprint density at radius 3 is 2.18 bits per heavy atom. The van der Waals surface area contributed by atoms with Crippen molar-refractivity contribution in [2.24, 2.45) is 5.92 Å². The quantitative estimate of drug-likeness (QED) is 0.573. The number of Topliss-reactive ketones (excluding diaryl/α,β-unsaturated/α-hetero) is 1. The summed E-state index contributed by atoms with van der Waals surface area (Å²) in [5, 5.41) is 0. The smallest absolute Gasteiger partial charge is 0.133 e. The third kappa shape index (κ3) is 1.79. The number of carbonyl (C=O) groups is 1. The molecule has 64 valence electrons. The third-order valence-corrected chi connectivity index (χ3v) is 2.67.